The molecular formula is C26H23N3O5S2. The first-order valence-electron chi connectivity index (χ1n) is 11.3. The Morgan fingerprint density at radius 1 is 0.972 bits per heavy atom. The van der Waals surface area contributed by atoms with Gasteiger partial charge in [0, 0.05) is 24.2 Å². The van der Waals surface area contributed by atoms with Gasteiger partial charge in [0.05, 0.1) is 33.9 Å². The van der Waals surface area contributed by atoms with Gasteiger partial charge in [0.2, 0.25) is 10.0 Å². The number of benzene rings is 3. The van der Waals surface area contributed by atoms with E-state index in [-0.39, 0.29) is 16.2 Å². The second kappa shape index (κ2) is 9.90. The number of ether oxygens (including phenoxy) is 1. The first-order valence-corrected chi connectivity index (χ1v) is 13.6. The Bertz CT molecular complexity index is 1560. The first-order chi connectivity index (χ1) is 17.3. The number of anilines is 1. The van der Waals surface area contributed by atoms with Crippen LogP contribution >= 0.6 is 11.3 Å². The van der Waals surface area contributed by atoms with Crippen molar-refractivity contribution in [1.29, 1.82) is 0 Å². The number of fused-ring (bicyclic) bond motifs is 1. The first kappa shape index (κ1) is 24.3. The lowest BCUT2D eigenvalue weighted by Gasteiger charge is -2.25. The summed E-state index contributed by atoms with van der Waals surface area (Å²) >= 11 is 1.17. The SMILES string of the molecule is Cc1ccc(C(=O)c2ccccc2C(=O)Nc2nc3ccc(S(=O)(=O)N4CCOCC4)cc3s2)cc1. The minimum absolute atomic E-state index is 0.174. The maximum Gasteiger partial charge on any atom is 0.258 e. The molecule has 4 aromatic rings. The fraction of sp³-hybridized carbons (Fsp3) is 0.192. The van der Waals surface area contributed by atoms with Crippen molar-refractivity contribution in [1.82, 2.24) is 9.29 Å². The summed E-state index contributed by atoms with van der Waals surface area (Å²) in [7, 11) is -3.65. The molecule has 0 radical (unpaired) electrons. The number of carbonyl (C=O) groups excluding carboxylic acids is 2. The number of hydrogen-bond acceptors (Lipinski definition) is 7. The molecular weight excluding hydrogens is 498 g/mol. The smallest absolute Gasteiger partial charge is 0.258 e. The molecule has 1 fully saturated rings. The number of nitrogens with zero attached hydrogens (tertiary/aromatic N) is 2. The van der Waals surface area contributed by atoms with Gasteiger partial charge < -0.3 is 4.74 Å². The molecule has 0 atom stereocenters. The van der Waals surface area contributed by atoms with Gasteiger partial charge in [-0.2, -0.15) is 4.31 Å². The van der Waals surface area contributed by atoms with Crippen LogP contribution in [0.5, 0.6) is 0 Å². The number of aromatic nitrogens is 1. The topological polar surface area (TPSA) is 106 Å². The van der Waals surface area contributed by atoms with Crippen molar-refractivity contribution in [3.63, 3.8) is 0 Å². The molecule has 0 bridgehead atoms. The van der Waals surface area contributed by atoms with Gasteiger partial charge in [-0.05, 0) is 31.2 Å². The summed E-state index contributed by atoms with van der Waals surface area (Å²) in [6.45, 7) is 3.29. The van der Waals surface area contributed by atoms with Crippen LogP contribution < -0.4 is 5.32 Å². The minimum atomic E-state index is -3.65. The number of carbonyl (C=O) groups is 2. The van der Waals surface area contributed by atoms with Crippen LogP contribution in [-0.2, 0) is 14.8 Å². The highest BCUT2D eigenvalue weighted by Gasteiger charge is 2.27. The van der Waals surface area contributed by atoms with Gasteiger partial charge in [-0.25, -0.2) is 13.4 Å². The molecule has 5 rings (SSSR count). The van der Waals surface area contributed by atoms with Gasteiger partial charge in [-0.1, -0.05) is 59.4 Å². The summed E-state index contributed by atoms with van der Waals surface area (Å²) in [4.78, 5) is 30.8. The molecule has 1 aromatic heterocycles. The van der Waals surface area contributed by atoms with Crippen molar-refractivity contribution >= 4 is 48.4 Å². The third-order valence-corrected chi connectivity index (χ3v) is 8.75. The Morgan fingerprint density at radius 3 is 2.39 bits per heavy atom. The molecule has 1 saturated heterocycles. The minimum Gasteiger partial charge on any atom is -0.379 e. The Morgan fingerprint density at radius 2 is 1.67 bits per heavy atom. The lowest BCUT2D eigenvalue weighted by molar-refractivity contribution is 0.0730. The molecule has 1 N–H and O–H groups in total. The molecule has 0 aliphatic carbocycles. The van der Waals surface area contributed by atoms with Gasteiger partial charge >= 0.3 is 0 Å². The van der Waals surface area contributed by atoms with Crippen molar-refractivity contribution in [2.45, 2.75) is 11.8 Å². The molecule has 2 heterocycles. The van der Waals surface area contributed by atoms with Gasteiger partial charge in [-0.3, -0.25) is 14.9 Å². The average Bonchev–Trinajstić information content (AvgIpc) is 3.30. The Kier molecular flexibility index (Phi) is 6.67. The lowest BCUT2D eigenvalue weighted by Crippen LogP contribution is -2.40. The van der Waals surface area contributed by atoms with E-state index in [4.69, 9.17) is 4.74 Å². The third kappa shape index (κ3) is 4.80. The van der Waals surface area contributed by atoms with Crippen LogP contribution in [0.4, 0.5) is 5.13 Å². The molecule has 0 unspecified atom stereocenters. The van der Waals surface area contributed by atoms with Crippen molar-refractivity contribution in [2.24, 2.45) is 0 Å². The Hall–Kier alpha value is -3.44. The fourth-order valence-corrected chi connectivity index (χ4v) is 6.37. The Balaban J connectivity index is 1.39. The van der Waals surface area contributed by atoms with Crippen LogP contribution in [0.1, 0.15) is 31.8 Å². The van der Waals surface area contributed by atoms with Crippen molar-refractivity contribution in [3.8, 4) is 0 Å². The number of amides is 1. The number of sulfonamides is 1. The lowest BCUT2D eigenvalue weighted by atomic mass is 9.97. The van der Waals surface area contributed by atoms with E-state index < -0.39 is 15.9 Å². The van der Waals surface area contributed by atoms with Crippen molar-refractivity contribution in [3.05, 3.63) is 89.0 Å². The maximum absolute atomic E-state index is 13.1. The standard InChI is InChI=1S/C26H23N3O5S2/c1-17-6-8-18(9-7-17)24(30)20-4-2-3-5-21(20)25(31)28-26-27-22-11-10-19(16-23(22)35-26)36(32,33)29-12-14-34-15-13-29/h2-11,16H,12-15H2,1H3,(H,27,28,31). The molecule has 10 heteroatoms. The second-order valence-electron chi connectivity index (χ2n) is 8.36. The highest BCUT2D eigenvalue weighted by molar-refractivity contribution is 7.89. The number of hydrogen-bond donors (Lipinski definition) is 1. The number of aryl methyl sites for hydroxylation is 1. The average molecular weight is 522 g/mol. The van der Waals surface area contributed by atoms with Crippen LogP contribution in [0.25, 0.3) is 10.2 Å². The zero-order chi connectivity index (χ0) is 25.3. The highest BCUT2D eigenvalue weighted by Crippen LogP contribution is 2.30. The van der Waals surface area contributed by atoms with Crippen molar-refractivity contribution in [2.75, 3.05) is 31.6 Å². The molecule has 1 aliphatic rings. The molecule has 0 saturated carbocycles. The van der Waals surface area contributed by atoms with Crippen molar-refractivity contribution < 1.29 is 22.7 Å². The largest absolute Gasteiger partial charge is 0.379 e. The van der Waals surface area contributed by atoms with E-state index in [9.17, 15) is 18.0 Å². The number of nitrogens with one attached hydrogen (secondary N) is 1. The van der Waals surface area contributed by atoms with Crippen LogP contribution in [0.15, 0.2) is 71.6 Å². The molecule has 1 aliphatic heterocycles. The molecule has 184 valence electrons. The third-order valence-electron chi connectivity index (χ3n) is 5.92. The fourth-order valence-electron chi connectivity index (χ4n) is 3.96. The molecule has 1 amide bonds. The number of ketones is 1. The van der Waals surface area contributed by atoms with E-state index in [1.165, 1.54) is 21.7 Å². The van der Waals surface area contributed by atoms with E-state index in [0.717, 1.165) is 5.56 Å². The van der Waals surface area contributed by atoms with E-state index >= 15 is 0 Å². The van der Waals surface area contributed by atoms with Crippen LogP contribution in [0.2, 0.25) is 0 Å². The van der Waals surface area contributed by atoms with Crippen LogP contribution in [0.3, 0.4) is 0 Å². The quantitative estimate of drug-likeness (QED) is 0.383. The number of thiazole rings is 1. The summed E-state index contributed by atoms with van der Waals surface area (Å²) in [6, 6.07) is 18.5. The number of morpholine rings is 1. The Labute approximate surface area is 212 Å². The van der Waals surface area contributed by atoms with Crippen LogP contribution in [-0.4, -0.2) is 55.7 Å². The predicted molar refractivity (Wildman–Crippen MR) is 138 cm³/mol. The van der Waals surface area contributed by atoms with Gasteiger partial charge in [0.1, 0.15) is 0 Å². The molecule has 8 nitrogen and oxygen atoms in total. The predicted octanol–water partition coefficient (Wildman–Crippen LogP) is 4.11. The van der Waals surface area contributed by atoms with E-state index in [1.54, 1.807) is 48.5 Å². The zero-order valence-corrected chi connectivity index (χ0v) is 21.1. The van der Waals surface area contributed by atoms with E-state index in [2.05, 4.69) is 10.3 Å². The second-order valence-corrected chi connectivity index (χ2v) is 11.3. The maximum atomic E-state index is 13.1. The summed E-state index contributed by atoms with van der Waals surface area (Å²) in [5.74, 6) is -0.714. The summed E-state index contributed by atoms with van der Waals surface area (Å²) in [5.41, 5.74) is 2.63. The van der Waals surface area contributed by atoms with E-state index in [0.29, 0.717) is 52.8 Å². The molecule has 0 spiro atoms. The normalized spacial score (nSPS) is 14.6. The summed E-state index contributed by atoms with van der Waals surface area (Å²) in [5, 5.41) is 3.08. The van der Waals surface area contributed by atoms with E-state index in [1.807, 2.05) is 19.1 Å². The van der Waals surface area contributed by atoms with Gasteiger partial charge in [0.15, 0.2) is 10.9 Å². The summed E-state index contributed by atoms with van der Waals surface area (Å²) < 4.78 is 33.3. The van der Waals surface area contributed by atoms with Crippen LogP contribution in [0, 0.1) is 6.92 Å². The zero-order valence-electron chi connectivity index (χ0n) is 19.4. The molecule has 3 aromatic carbocycles. The monoisotopic (exact) mass is 521 g/mol. The molecule has 36 heavy (non-hydrogen) atoms. The summed E-state index contributed by atoms with van der Waals surface area (Å²) in [6.07, 6.45) is 0. The highest BCUT2D eigenvalue weighted by atomic mass is 32.2. The van der Waals surface area contributed by atoms with Gasteiger partial charge in [0.25, 0.3) is 5.91 Å². The van der Waals surface area contributed by atoms with Gasteiger partial charge in [-0.15, -0.1) is 0 Å². The number of rotatable bonds is 6.